The van der Waals surface area contributed by atoms with E-state index in [4.69, 9.17) is 0 Å². The summed E-state index contributed by atoms with van der Waals surface area (Å²) in [6, 6.07) is 16.6. The Bertz CT molecular complexity index is 691. The van der Waals surface area contributed by atoms with Crippen molar-refractivity contribution in [2.45, 2.75) is 0 Å². The number of hydrogen-bond donors (Lipinski definition) is 0. The Balaban J connectivity index is 2.34. The van der Waals surface area contributed by atoms with E-state index in [2.05, 4.69) is 0 Å². The number of rotatable bonds is 5. The minimum Gasteiger partial charge on any atom is -0.289 e. The zero-order valence-electron chi connectivity index (χ0n) is 11.9. The highest BCUT2D eigenvalue weighted by atomic mass is 32.2. The maximum absolute atomic E-state index is 12.4. The fourth-order valence-electron chi connectivity index (χ4n) is 1.92. The van der Waals surface area contributed by atoms with Crippen LogP contribution in [-0.2, 0) is 10.8 Å². The van der Waals surface area contributed by atoms with Crippen LogP contribution in [0.5, 0.6) is 0 Å². The molecule has 0 aliphatic rings. The first-order chi connectivity index (χ1) is 10.1. The molecular formula is C17H16O2S2. The lowest BCUT2D eigenvalue weighted by Gasteiger charge is -2.04. The predicted molar refractivity (Wildman–Crippen MR) is 91.9 cm³/mol. The van der Waals surface area contributed by atoms with Gasteiger partial charge >= 0.3 is 0 Å². The van der Waals surface area contributed by atoms with Gasteiger partial charge in [0.15, 0.2) is 5.78 Å². The molecule has 0 fully saturated rings. The van der Waals surface area contributed by atoms with Crippen molar-refractivity contribution in [3.8, 4) is 0 Å². The molecule has 21 heavy (non-hydrogen) atoms. The number of hydrogen-bond acceptors (Lipinski definition) is 3. The molecule has 2 aromatic rings. The molecule has 0 saturated carbocycles. The number of carbonyl (C=O) groups is 1. The van der Waals surface area contributed by atoms with Crippen molar-refractivity contribution in [1.29, 1.82) is 0 Å². The smallest absolute Gasteiger partial charge is 0.193 e. The van der Waals surface area contributed by atoms with Crippen LogP contribution in [0, 0.1) is 0 Å². The van der Waals surface area contributed by atoms with Crippen LogP contribution in [0.1, 0.15) is 21.5 Å². The first kappa shape index (κ1) is 15.7. The van der Waals surface area contributed by atoms with E-state index in [0.717, 1.165) is 9.80 Å². The fourth-order valence-corrected chi connectivity index (χ4v) is 3.42. The largest absolute Gasteiger partial charge is 0.289 e. The van der Waals surface area contributed by atoms with Crippen molar-refractivity contribution in [3.05, 3.63) is 75.5 Å². The van der Waals surface area contributed by atoms with Crippen LogP contribution in [0.4, 0.5) is 0 Å². The lowest BCUT2D eigenvalue weighted by Crippen LogP contribution is -2.01. The number of thioether (sulfide) groups is 1. The molecule has 0 spiro atoms. The summed E-state index contributed by atoms with van der Waals surface area (Å²) in [4.78, 5) is 12.4. The van der Waals surface area contributed by atoms with Gasteiger partial charge in [-0.25, -0.2) is 0 Å². The third kappa shape index (κ3) is 4.16. The lowest BCUT2D eigenvalue weighted by molar-refractivity contribution is 0.103. The summed E-state index contributed by atoms with van der Waals surface area (Å²) in [7, 11) is -1.02. The molecular weight excluding hydrogens is 300 g/mol. The highest BCUT2D eigenvalue weighted by molar-refractivity contribution is 8.16. The van der Waals surface area contributed by atoms with E-state index in [1.165, 1.54) is 11.8 Å². The average molecular weight is 316 g/mol. The van der Waals surface area contributed by atoms with Gasteiger partial charge in [0.1, 0.15) is 0 Å². The second-order valence-electron chi connectivity index (χ2n) is 4.44. The van der Waals surface area contributed by atoms with Crippen LogP contribution in [0.2, 0.25) is 0 Å². The van der Waals surface area contributed by atoms with Gasteiger partial charge in [-0.1, -0.05) is 48.5 Å². The lowest BCUT2D eigenvalue weighted by atomic mass is 10.0. The normalized spacial score (nSPS) is 13.0. The van der Waals surface area contributed by atoms with Crippen molar-refractivity contribution >= 4 is 34.4 Å². The first-order valence-electron chi connectivity index (χ1n) is 6.40. The highest BCUT2D eigenvalue weighted by Crippen LogP contribution is 2.20. The maximum Gasteiger partial charge on any atom is 0.193 e. The number of carbonyl (C=O) groups excluding carboxylic acids is 1. The van der Waals surface area contributed by atoms with E-state index in [1.807, 2.05) is 48.7 Å². The quantitative estimate of drug-likeness (QED) is 0.783. The molecule has 0 aliphatic carbocycles. The molecule has 2 rings (SSSR count). The van der Waals surface area contributed by atoms with Crippen LogP contribution in [0.15, 0.2) is 58.8 Å². The molecule has 0 saturated heterocycles. The molecule has 4 heteroatoms. The van der Waals surface area contributed by atoms with E-state index in [0.29, 0.717) is 11.1 Å². The number of ketones is 1. The zero-order valence-corrected chi connectivity index (χ0v) is 13.5. The van der Waals surface area contributed by atoms with Crippen LogP contribution >= 0.6 is 11.8 Å². The van der Waals surface area contributed by atoms with Crippen molar-refractivity contribution in [2.75, 3.05) is 12.5 Å². The molecule has 0 N–H and O–H groups in total. The Kier molecular flexibility index (Phi) is 5.53. The molecule has 2 aromatic carbocycles. The molecule has 2 nitrogen and oxygen atoms in total. The van der Waals surface area contributed by atoms with Gasteiger partial charge in [-0.2, -0.15) is 0 Å². The monoisotopic (exact) mass is 316 g/mol. The Hall–Kier alpha value is -1.65. The topological polar surface area (TPSA) is 34.1 Å². The molecule has 0 bridgehead atoms. The van der Waals surface area contributed by atoms with Crippen molar-refractivity contribution in [3.63, 3.8) is 0 Å². The van der Waals surface area contributed by atoms with Gasteiger partial charge in [-0.15, -0.1) is 11.8 Å². The van der Waals surface area contributed by atoms with E-state index in [-0.39, 0.29) is 5.78 Å². The Morgan fingerprint density at radius 3 is 2.33 bits per heavy atom. The van der Waals surface area contributed by atoms with Gasteiger partial charge in [-0.3, -0.25) is 9.00 Å². The standard InChI is InChI=1S/C17H16O2S2/c1-20-16(21(2)19)12-13-7-6-10-15(11-13)17(18)14-8-4-3-5-9-14/h3-12H,1-2H3/b16-12+. The molecule has 1 atom stereocenters. The summed E-state index contributed by atoms with van der Waals surface area (Å²) in [5.74, 6) is -0.00540. The molecule has 0 amide bonds. The molecule has 0 aliphatic heterocycles. The van der Waals surface area contributed by atoms with Crippen molar-refractivity contribution in [2.24, 2.45) is 0 Å². The summed E-state index contributed by atoms with van der Waals surface area (Å²) < 4.78 is 12.4. The SMILES string of the molecule is CS/C(=C\c1cccc(C(=O)c2ccccc2)c1)S(C)=O. The van der Waals surface area contributed by atoms with E-state index < -0.39 is 10.8 Å². The van der Waals surface area contributed by atoms with E-state index >= 15 is 0 Å². The molecule has 108 valence electrons. The fraction of sp³-hybridized carbons (Fsp3) is 0.118. The highest BCUT2D eigenvalue weighted by Gasteiger charge is 2.09. The molecule has 0 aromatic heterocycles. The maximum atomic E-state index is 12.4. The predicted octanol–water partition coefficient (Wildman–Crippen LogP) is 3.96. The second kappa shape index (κ2) is 7.38. The molecule has 0 heterocycles. The summed E-state index contributed by atoms with van der Waals surface area (Å²) in [5.41, 5.74) is 2.19. The minimum absolute atomic E-state index is 0.00540. The van der Waals surface area contributed by atoms with Gasteiger partial charge < -0.3 is 0 Å². The third-order valence-electron chi connectivity index (χ3n) is 2.95. The van der Waals surface area contributed by atoms with Crippen LogP contribution in [0.3, 0.4) is 0 Å². The Labute approximate surface area is 131 Å². The van der Waals surface area contributed by atoms with Gasteiger partial charge in [-0.05, 0) is 24.0 Å². The van der Waals surface area contributed by atoms with Crippen LogP contribution in [0.25, 0.3) is 6.08 Å². The molecule has 1 unspecified atom stereocenters. The van der Waals surface area contributed by atoms with Gasteiger partial charge in [0, 0.05) is 17.4 Å². The second-order valence-corrected chi connectivity index (χ2v) is 6.90. The first-order valence-corrected chi connectivity index (χ1v) is 9.19. The van der Waals surface area contributed by atoms with Crippen molar-refractivity contribution < 1.29 is 9.00 Å². The van der Waals surface area contributed by atoms with E-state index in [9.17, 15) is 9.00 Å². The van der Waals surface area contributed by atoms with Crippen LogP contribution in [-0.4, -0.2) is 22.5 Å². The minimum atomic E-state index is -1.02. The summed E-state index contributed by atoms with van der Waals surface area (Å²) in [6.07, 6.45) is 5.41. The summed E-state index contributed by atoms with van der Waals surface area (Å²) >= 11 is 1.46. The summed E-state index contributed by atoms with van der Waals surface area (Å²) in [5, 5.41) is 0. The average Bonchev–Trinajstić information content (AvgIpc) is 2.52. The van der Waals surface area contributed by atoms with Gasteiger partial charge in [0.05, 0.1) is 15.0 Å². The van der Waals surface area contributed by atoms with Crippen LogP contribution < -0.4 is 0 Å². The number of benzene rings is 2. The Morgan fingerprint density at radius 1 is 1.05 bits per heavy atom. The Morgan fingerprint density at radius 2 is 1.71 bits per heavy atom. The van der Waals surface area contributed by atoms with Crippen molar-refractivity contribution in [1.82, 2.24) is 0 Å². The molecule has 0 radical (unpaired) electrons. The zero-order chi connectivity index (χ0) is 15.2. The summed E-state index contributed by atoms with van der Waals surface area (Å²) in [6.45, 7) is 0. The van der Waals surface area contributed by atoms with Gasteiger partial charge in [0.25, 0.3) is 0 Å². The third-order valence-corrected chi connectivity index (χ3v) is 5.36. The van der Waals surface area contributed by atoms with E-state index in [1.54, 1.807) is 24.5 Å². The van der Waals surface area contributed by atoms with Gasteiger partial charge in [0.2, 0.25) is 0 Å².